The number of carbonyl (C=O) groups excluding carboxylic acids is 2. The molecule has 5 nitrogen and oxygen atoms in total. The van der Waals surface area contributed by atoms with Gasteiger partial charge in [-0.3, -0.25) is 9.59 Å². The molecule has 0 aromatic carbocycles. The van der Waals surface area contributed by atoms with Gasteiger partial charge in [-0.15, -0.1) is 0 Å². The number of nitrogens with zero attached hydrogens (tertiary/aromatic N) is 2. The lowest BCUT2D eigenvalue weighted by molar-refractivity contribution is -0.119. The van der Waals surface area contributed by atoms with Crippen LogP contribution in [0.2, 0.25) is 0 Å². The molecule has 2 heterocycles. The lowest BCUT2D eigenvalue weighted by Crippen LogP contribution is -2.41. The van der Waals surface area contributed by atoms with E-state index in [0.717, 1.165) is 25.9 Å². The standard InChI is InChI=1S/C14H18BrN3O2/c1-10(19)17-9-11-3-6-18(7-4-11)14(20)12-2-5-16-13(15)8-12/h2,5,8,11H,3-4,6-7,9H2,1H3,(H,17,19). The van der Waals surface area contributed by atoms with Crippen LogP contribution in [0, 0.1) is 5.92 Å². The molecule has 6 heteroatoms. The molecular weight excluding hydrogens is 322 g/mol. The summed E-state index contributed by atoms with van der Waals surface area (Å²) in [6, 6.07) is 3.47. The van der Waals surface area contributed by atoms with Gasteiger partial charge in [-0.1, -0.05) is 0 Å². The Labute approximate surface area is 126 Å². The third-order valence-corrected chi connectivity index (χ3v) is 3.95. The van der Waals surface area contributed by atoms with Gasteiger partial charge in [0.15, 0.2) is 0 Å². The summed E-state index contributed by atoms with van der Waals surface area (Å²) in [5.74, 6) is 0.517. The molecule has 0 saturated carbocycles. The Morgan fingerprint density at radius 1 is 1.45 bits per heavy atom. The van der Waals surface area contributed by atoms with Crippen LogP contribution in [-0.2, 0) is 4.79 Å². The normalized spacial score (nSPS) is 16.0. The molecule has 0 radical (unpaired) electrons. The second kappa shape index (κ2) is 6.83. The Morgan fingerprint density at radius 3 is 2.75 bits per heavy atom. The molecule has 2 amide bonds. The molecule has 20 heavy (non-hydrogen) atoms. The average molecular weight is 340 g/mol. The van der Waals surface area contributed by atoms with E-state index in [2.05, 4.69) is 26.2 Å². The van der Waals surface area contributed by atoms with Crippen molar-refractivity contribution in [2.45, 2.75) is 19.8 Å². The van der Waals surface area contributed by atoms with Gasteiger partial charge < -0.3 is 10.2 Å². The van der Waals surface area contributed by atoms with E-state index >= 15 is 0 Å². The smallest absolute Gasteiger partial charge is 0.254 e. The molecule has 1 aliphatic heterocycles. The summed E-state index contributed by atoms with van der Waals surface area (Å²) in [4.78, 5) is 29.1. The number of piperidine rings is 1. The number of aromatic nitrogens is 1. The van der Waals surface area contributed by atoms with Gasteiger partial charge in [-0.2, -0.15) is 0 Å². The first-order chi connectivity index (χ1) is 9.56. The highest BCUT2D eigenvalue weighted by atomic mass is 79.9. The molecule has 1 aliphatic rings. The molecule has 1 aromatic rings. The molecule has 0 aliphatic carbocycles. The summed E-state index contributed by atoms with van der Waals surface area (Å²) < 4.78 is 0.670. The molecule has 0 atom stereocenters. The van der Waals surface area contributed by atoms with Gasteiger partial charge >= 0.3 is 0 Å². The van der Waals surface area contributed by atoms with Crippen LogP contribution in [0.5, 0.6) is 0 Å². The van der Waals surface area contributed by atoms with Crippen LogP contribution in [0.4, 0.5) is 0 Å². The third-order valence-electron chi connectivity index (χ3n) is 3.51. The van der Waals surface area contributed by atoms with E-state index in [4.69, 9.17) is 0 Å². The average Bonchev–Trinajstić information content (AvgIpc) is 2.45. The number of hydrogen-bond acceptors (Lipinski definition) is 3. The van der Waals surface area contributed by atoms with E-state index < -0.39 is 0 Å². The van der Waals surface area contributed by atoms with Crippen LogP contribution < -0.4 is 5.32 Å². The molecule has 2 rings (SSSR count). The second-order valence-corrected chi connectivity index (χ2v) is 5.85. The van der Waals surface area contributed by atoms with Gasteiger partial charge in [-0.05, 0) is 46.8 Å². The van der Waals surface area contributed by atoms with Crippen molar-refractivity contribution in [1.29, 1.82) is 0 Å². The van der Waals surface area contributed by atoms with Gasteiger partial charge in [0, 0.05) is 38.3 Å². The van der Waals surface area contributed by atoms with Gasteiger partial charge in [0.1, 0.15) is 4.60 Å². The lowest BCUT2D eigenvalue weighted by atomic mass is 9.96. The summed E-state index contributed by atoms with van der Waals surface area (Å²) in [6.45, 7) is 3.71. The summed E-state index contributed by atoms with van der Waals surface area (Å²) in [7, 11) is 0. The van der Waals surface area contributed by atoms with Gasteiger partial charge in [-0.25, -0.2) is 4.98 Å². The maximum Gasteiger partial charge on any atom is 0.254 e. The van der Waals surface area contributed by atoms with Crippen molar-refractivity contribution in [3.8, 4) is 0 Å². The molecular formula is C14H18BrN3O2. The Bertz CT molecular complexity index is 499. The molecule has 1 fully saturated rings. The maximum absolute atomic E-state index is 12.3. The topological polar surface area (TPSA) is 62.3 Å². The Kier molecular flexibility index (Phi) is 5.11. The summed E-state index contributed by atoms with van der Waals surface area (Å²) in [6.07, 6.45) is 3.48. The van der Waals surface area contributed by atoms with E-state index in [1.165, 1.54) is 6.92 Å². The Hall–Kier alpha value is -1.43. The highest BCUT2D eigenvalue weighted by Gasteiger charge is 2.23. The van der Waals surface area contributed by atoms with Crippen molar-refractivity contribution >= 4 is 27.7 Å². The first-order valence-corrected chi connectivity index (χ1v) is 7.51. The predicted molar refractivity (Wildman–Crippen MR) is 79.2 cm³/mol. The number of amides is 2. The lowest BCUT2D eigenvalue weighted by Gasteiger charge is -2.32. The fourth-order valence-electron chi connectivity index (χ4n) is 2.35. The molecule has 108 valence electrons. The zero-order chi connectivity index (χ0) is 14.5. The minimum atomic E-state index is 0.00476. The van der Waals surface area contributed by atoms with E-state index in [1.54, 1.807) is 18.3 Å². The van der Waals surface area contributed by atoms with Crippen LogP contribution >= 0.6 is 15.9 Å². The maximum atomic E-state index is 12.3. The van der Waals surface area contributed by atoms with E-state index in [9.17, 15) is 9.59 Å². The number of carbonyl (C=O) groups is 2. The SMILES string of the molecule is CC(=O)NCC1CCN(C(=O)c2ccnc(Br)c2)CC1. The van der Waals surface area contributed by atoms with E-state index in [0.29, 0.717) is 22.6 Å². The van der Waals surface area contributed by atoms with Crippen molar-refractivity contribution in [2.75, 3.05) is 19.6 Å². The fraction of sp³-hybridized carbons (Fsp3) is 0.500. The molecule has 0 unspecified atom stereocenters. The number of nitrogens with one attached hydrogen (secondary N) is 1. The number of hydrogen-bond donors (Lipinski definition) is 1. The van der Waals surface area contributed by atoms with Crippen LogP contribution in [0.25, 0.3) is 0 Å². The van der Waals surface area contributed by atoms with Crippen LogP contribution in [0.1, 0.15) is 30.1 Å². The van der Waals surface area contributed by atoms with Gasteiger partial charge in [0.2, 0.25) is 5.91 Å². The summed E-state index contributed by atoms with van der Waals surface area (Å²) in [5.41, 5.74) is 0.659. The fourth-order valence-corrected chi connectivity index (χ4v) is 2.71. The molecule has 1 saturated heterocycles. The third kappa shape index (κ3) is 4.03. The van der Waals surface area contributed by atoms with Crippen LogP contribution in [0.15, 0.2) is 22.9 Å². The molecule has 0 bridgehead atoms. The van der Waals surface area contributed by atoms with E-state index in [1.807, 2.05) is 4.90 Å². The number of halogens is 1. The highest BCUT2D eigenvalue weighted by Crippen LogP contribution is 2.19. The van der Waals surface area contributed by atoms with Crippen LogP contribution in [-0.4, -0.2) is 41.3 Å². The zero-order valence-corrected chi connectivity index (χ0v) is 13.0. The van der Waals surface area contributed by atoms with Gasteiger partial charge in [0.25, 0.3) is 5.91 Å². The largest absolute Gasteiger partial charge is 0.356 e. The summed E-state index contributed by atoms with van der Waals surface area (Å²) >= 11 is 3.28. The van der Waals surface area contributed by atoms with Crippen LogP contribution in [0.3, 0.4) is 0 Å². The minimum Gasteiger partial charge on any atom is -0.356 e. The van der Waals surface area contributed by atoms with Gasteiger partial charge in [0.05, 0.1) is 0 Å². The van der Waals surface area contributed by atoms with Crippen molar-refractivity contribution in [3.05, 3.63) is 28.5 Å². The summed E-state index contributed by atoms with van der Waals surface area (Å²) in [5, 5.41) is 2.84. The minimum absolute atomic E-state index is 0.00476. The first kappa shape index (κ1) is 15.0. The number of rotatable bonds is 3. The highest BCUT2D eigenvalue weighted by molar-refractivity contribution is 9.10. The van der Waals surface area contributed by atoms with Crippen molar-refractivity contribution < 1.29 is 9.59 Å². The Balaban J connectivity index is 1.87. The Morgan fingerprint density at radius 2 is 2.15 bits per heavy atom. The molecule has 0 spiro atoms. The predicted octanol–water partition coefficient (Wildman–Crippen LogP) is 1.83. The zero-order valence-electron chi connectivity index (χ0n) is 11.4. The first-order valence-electron chi connectivity index (χ1n) is 6.71. The second-order valence-electron chi connectivity index (χ2n) is 5.04. The number of likely N-dealkylation sites (tertiary alicyclic amines) is 1. The van der Waals surface area contributed by atoms with Crippen molar-refractivity contribution in [3.63, 3.8) is 0 Å². The quantitative estimate of drug-likeness (QED) is 0.854. The monoisotopic (exact) mass is 339 g/mol. The number of pyridine rings is 1. The van der Waals surface area contributed by atoms with E-state index in [-0.39, 0.29) is 11.8 Å². The van der Waals surface area contributed by atoms with Crippen molar-refractivity contribution in [1.82, 2.24) is 15.2 Å². The van der Waals surface area contributed by atoms with Crippen molar-refractivity contribution in [2.24, 2.45) is 5.92 Å². The molecule has 1 aromatic heterocycles. The molecule has 1 N–H and O–H groups in total.